The van der Waals surface area contributed by atoms with E-state index in [2.05, 4.69) is 278 Å². The van der Waals surface area contributed by atoms with Crippen LogP contribution in [0, 0.1) is 0 Å². The van der Waals surface area contributed by atoms with Crippen molar-refractivity contribution in [2.45, 2.75) is 24.7 Å². The summed E-state index contributed by atoms with van der Waals surface area (Å²) in [6.45, 7) is 4.70. The van der Waals surface area contributed by atoms with Crippen molar-refractivity contribution in [2.24, 2.45) is 0 Å². The second kappa shape index (κ2) is 15.8. The van der Waals surface area contributed by atoms with Crippen LogP contribution in [0.5, 0.6) is 0 Å². The van der Waals surface area contributed by atoms with E-state index in [1.54, 1.807) is 0 Å². The van der Waals surface area contributed by atoms with Crippen LogP contribution in [0.25, 0.3) is 49.7 Å². The number of nitrogens with zero attached hydrogens (tertiary/aromatic N) is 2. The molecule has 0 fully saturated rings. The predicted octanol–water partition coefficient (Wildman–Crippen LogP) is 16.6. The maximum atomic E-state index is 2.43. The van der Waals surface area contributed by atoms with Gasteiger partial charge in [-0.25, -0.2) is 0 Å². The van der Waals surface area contributed by atoms with Crippen molar-refractivity contribution in [3.05, 3.63) is 288 Å². The zero-order valence-corrected chi connectivity index (χ0v) is 37.1. The van der Waals surface area contributed by atoms with E-state index < -0.39 is 5.41 Å². The first kappa shape index (κ1) is 39.4. The monoisotopic (exact) mass is 844 g/mol. The molecule has 2 nitrogen and oxygen atoms in total. The number of hydrogen-bond acceptors (Lipinski definition) is 1. The van der Waals surface area contributed by atoms with Crippen LogP contribution in [0.2, 0.25) is 0 Å². The van der Waals surface area contributed by atoms with Crippen molar-refractivity contribution in [1.82, 2.24) is 4.57 Å². The first-order chi connectivity index (χ1) is 32.5. The minimum Gasteiger partial charge on any atom is -0.310 e. The predicted molar refractivity (Wildman–Crippen MR) is 277 cm³/mol. The number of para-hydroxylation sites is 2. The van der Waals surface area contributed by atoms with Crippen LogP contribution in [0.3, 0.4) is 0 Å². The normalized spacial score (nSPS) is 12.8. The van der Waals surface area contributed by atoms with Gasteiger partial charge in [-0.1, -0.05) is 214 Å². The molecule has 0 N–H and O–H groups in total. The number of fused-ring (bicyclic) bond motifs is 6. The van der Waals surface area contributed by atoms with Gasteiger partial charge in [0.1, 0.15) is 0 Å². The lowest BCUT2D eigenvalue weighted by molar-refractivity contribution is 0.660. The van der Waals surface area contributed by atoms with E-state index in [0.717, 1.165) is 22.7 Å². The Morgan fingerprint density at radius 2 is 0.803 bits per heavy atom. The Labute approximate surface area is 387 Å². The fraction of sp³-hybridized carbons (Fsp3) is 0.0625. The van der Waals surface area contributed by atoms with Gasteiger partial charge < -0.3 is 9.47 Å². The van der Waals surface area contributed by atoms with Gasteiger partial charge in [-0.05, 0) is 110 Å². The van der Waals surface area contributed by atoms with E-state index in [1.165, 1.54) is 77.4 Å². The van der Waals surface area contributed by atoms with Gasteiger partial charge in [0.25, 0.3) is 0 Å². The van der Waals surface area contributed by atoms with E-state index in [1.807, 2.05) is 0 Å². The lowest BCUT2D eigenvalue weighted by atomic mass is 9.65. The summed E-state index contributed by atoms with van der Waals surface area (Å²) < 4.78 is 2.41. The molecule has 0 saturated heterocycles. The molecular weight excluding hydrogens is 797 g/mol. The molecule has 1 aliphatic carbocycles. The zero-order chi connectivity index (χ0) is 44.2. The fourth-order valence-electron chi connectivity index (χ4n) is 11.0. The Morgan fingerprint density at radius 1 is 0.348 bits per heavy atom. The first-order valence-electron chi connectivity index (χ1n) is 23.0. The van der Waals surface area contributed by atoms with Gasteiger partial charge in [0.2, 0.25) is 0 Å². The molecule has 0 amide bonds. The average Bonchev–Trinajstić information content (AvgIpc) is 3.83. The molecule has 10 aromatic carbocycles. The Balaban J connectivity index is 0.990. The van der Waals surface area contributed by atoms with Crippen molar-refractivity contribution >= 4 is 38.9 Å². The third-order valence-electron chi connectivity index (χ3n) is 14.2. The molecule has 1 aliphatic rings. The summed E-state index contributed by atoms with van der Waals surface area (Å²) in [5.74, 6) is 0. The molecule has 12 rings (SSSR count). The molecule has 314 valence electrons. The van der Waals surface area contributed by atoms with E-state index in [4.69, 9.17) is 0 Å². The van der Waals surface area contributed by atoms with Gasteiger partial charge in [0, 0.05) is 38.9 Å². The highest BCUT2D eigenvalue weighted by Gasteiger charge is 2.38. The van der Waals surface area contributed by atoms with E-state index in [9.17, 15) is 0 Å². The van der Waals surface area contributed by atoms with Crippen molar-refractivity contribution in [2.75, 3.05) is 4.90 Å². The molecule has 0 aliphatic heterocycles. The molecule has 66 heavy (non-hydrogen) atoms. The summed E-state index contributed by atoms with van der Waals surface area (Å²) in [7, 11) is 0. The molecule has 2 heteroatoms. The van der Waals surface area contributed by atoms with Crippen molar-refractivity contribution in [1.29, 1.82) is 0 Å². The average molecular weight is 845 g/mol. The number of rotatable bonds is 9. The maximum Gasteiger partial charge on any atom is 0.0701 e. The highest BCUT2D eigenvalue weighted by Crippen LogP contribution is 2.51. The number of anilines is 3. The minimum absolute atomic E-state index is 0.0784. The van der Waals surface area contributed by atoms with Crippen LogP contribution >= 0.6 is 0 Å². The van der Waals surface area contributed by atoms with E-state index in [-0.39, 0.29) is 5.41 Å². The Morgan fingerprint density at radius 3 is 1.44 bits per heavy atom. The third kappa shape index (κ3) is 6.25. The SMILES string of the molecule is CC1(C)c2ccccc2-c2cc(N(c3ccc(-c4ccc(C(c5ccccc5)(c5ccccc5)c5ccccc5)cc4)cc3)c3ccc4c5ccccc5n(-c5ccccc5)c4c3)ccc21. The largest absolute Gasteiger partial charge is 0.310 e. The Bertz CT molecular complexity index is 3420. The molecule has 1 aromatic heterocycles. The second-order valence-electron chi connectivity index (χ2n) is 18.1. The van der Waals surface area contributed by atoms with Gasteiger partial charge >= 0.3 is 0 Å². The summed E-state index contributed by atoms with van der Waals surface area (Å²) in [5.41, 5.74) is 18.9. The highest BCUT2D eigenvalue weighted by molar-refractivity contribution is 6.10. The Hall–Kier alpha value is -8.20. The fourth-order valence-corrected chi connectivity index (χ4v) is 11.0. The molecular formula is C64H48N2. The van der Waals surface area contributed by atoms with Crippen LogP contribution in [0.4, 0.5) is 17.1 Å². The summed E-state index contributed by atoms with van der Waals surface area (Å²) in [4.78, 5) is 2.43. The van der Waals surface area contributed by atoms with Crippen molar-refractivity contribution in [3.8, 4) is 27.9 Å². The topological polar surface area (TPSA) is 8.17 Å². The number of aromatic nitrogens is 1. The molecule has 0 saturated carbocycles. The standard InChI is InChI=1S/C64H48N2/c1-63(2)59-29-17-15-27-55(59)58-43-53(40-42-60(58)63)65(54-39-41-57-56-28-16-18-30-61(56)66(62(57)44-54)51-25-13-6-14-26-51)52-37-33-46(34-38-52)45-31-35-50(36-32-45)64(47-19-7-3-8-20-47,48-21-9-4-10-22-48)49-23-11-5-12-24-49/h3-44H,1-2H3. The summed E-state index contributed by atoms with van der Waals surface area (Å²) in [5, 5.41) is 2.48. The highest BCUT2D eigenvalue weighted by atomic mass is 15.1. The summed E-state index contributed by atoms with van der Waals surface area (Å²) in [6.07, 6.45) is 0. The van der Waals surface area contributed by atoms with Gasteiger partial charge in [0.05, 0.1) is 16.4 Å². The molecule has 11 aromatic rings. The van der Waals surface area contributed by atoms with Crippen LogP contribution in [0.1, 0.15) is 47.2 Å². The quantitative estimate of drug-likeness (QED) is 0.131. The molecule has 0 spiro atoms. The molecule has 0 unspecified atom stereocenters. The molecule has 0 atom stereocenters. The Kier molecular flexibility index (Phi) is 9.43. The van der Waals surface area contributed by atoms with Crippen LogP contribution in [-0.2, 0) is 10.8 Å². The van der Waals surface area contributed by atoms with Gasteiger partial charge in [-0.3, -0.25) is 0 Å². The molecule has 1 heterocycles. The van der Waals surface area contributed by atoms with Crippen molar-refractivity contribution in [3.63, 3.8) is 0 Å². The number of hydrogen-bond donors (Lipinski definition) is 0. The summed E-state index contributed by atoms with van der Waals surface area (Å²) >= 11 is 0. The van der Waals surface area contributed by atoms with Gasteiger partial charge in [-0.2, -0.15) is 0 Å². The van der Waals surface area contributed by atoms with Crippen LogP contribution < -0.4 is 4.90 Å². The summed E-state index contributed by atoms with van der Waals surface area (Å²) in [6, 6.07) is 93.6. The van der Waals surface area contributed by atoms with Gasteiger partial charge in [-0.15, -0.1) is 0 Å². The zero-order valence-electron chi connectivity index (χ0n) is 37.1. The lowest BCUT2D eigenvalue weighted by Crippen LogP contribution is -2.30. The third-order valence-corrected chi connectivity index (χ3v) is 14.2. The first-order valence-corrected chi connectivity index (χ1v) is 23.0. The van der Waals surface area contributed by atoms with Crippen molar-refractivity contribution < 1.29 is 0 Å². The van der Waals surface area contributed by atoms with Gasteiger partial charge in [0.15, 0.2) is 0 Å². The lowest BCUT2D eigenvalue weighted by Gasteiger charge is -2.37. The maximum absolute atomic E-state index is 2.43. The van der Waals surface area contributed by atoms with Crippen LogP contribution in [-0.4, -0.2) is 4.57 Å². The smallest absolute Gasteiger partial charge is 0.0701 e. The minimum atomic E-state index is -0.494. The van der Waals surface area contributed by atoms with E-state index >= 15 is 0 Å². The van der Waals surface area contributed by atoms with E-state index in [0.29, 0.717) is 0 Å². The van der Waals surface area contributed by atoms with Crippen LogP contribution in [0.15, 0.2) is 255 Å². The number of benzene rings is 10. The second-order valence-corrected chi connectivity index (χ2v) is 18.1. The molecule has 0 bridgehead atoms. The molecule has 0 radical (unpaired) electrons.